The Labute approximate surface area is 82.3 Å². The molecule has 14 heavy (non-hydrogen) atoms. The molecular formula is C9H15NO4. The quantitative estimate of drug-likeness (QED) is 0.662. The van der Waals surface area contributed by atoms with Crippen molar-refractivity contribution in [2.45, 2.75) is 31.7 Å². The van der Waals surface area contributed by atoms with Gasteiger partial charge in [-0.05, 0) is 12.8 Å². The molecule has 0 aliphatic carbocycles. The number of carboxylic acid groups (broad SMARTS) is 1. The number of aliphatic hydroxyl groups is 1. The first-order chi connectivity index (χ1) is 6.65. The highest BCUT2D eigenvalue weighted by Crippen LogP contribution is 2.17. The molecule has 5 nitrogen and oxygen atoms in total. The number of likely N-dealkylation sites (tertiary alicyclic amines) is 1. The summed E-state index contributed by atoms with van der Waals surface area (Å²) in [5, 5.41) is 17.4. The molecule has 1 amide bonds. The summed E-state index contributed by atoms with van der Waals surface area (Å²) in [5.41, 5.74) is 0. The van der Waals surface area contributed by atoms with Crippen LogP contribution in [0.3, 0.4) is 0 Å². The maximum absolute atomic E-state index is 11.5. The molecule has 1 aliphatic rings. The predicted octanol–water partition coefficient (Wildman–Crippen LogP) is -0.166. The monoisotopic (exact) mass is 201 g/mol. The third-order valence-electron chi connectivity index (χ3n) is 2.46. The molecule has 80 valence electrons. The summed E-state index contributed by atoms with van der Waals surface area (Å²) in [5.74, 6) is -1.12. The van der Waals surface area contributed by atoms with E-state index in [9.17, 15) is 9.59 Å². The highest BCUT2D eigenvalue weighted by Gasteiger charge is 2.27. The smallest absolute Gasteiger partial charge is 0.303 e. The van der Waals surface area contributed by atoms with Crippen molar-refractivity contribution in [3.05, 3.63) is 0 Å². The van der Waals surface area contributed by atoms with Gasteiger partial charge in [0, 0.05) is 13.0 Å². The minimum atomic E-state index is -0.960. The van der Waals surface area contributed by atoms with E-state index < -0.39 is 5.97 Å². The number of rotatable bonds is 4. The Balaban J connectivity index is 2.39. The molecule has 1 aliphatic heterocycles. The molecule has 5 heteroatoms. The van der Waals surface area contributed by atoms with Gasteiger partial charge in [-0.3, -0.25) is 9.59 Å². The van der Waals surface area contributed by atoms with Gasteiger partial charge in [-0.1, -0.05) is 0 Å². The average Bonchev–Trinajstić information content (AvgIpc) is 2.61. The molecule has 1 fully saturated rings. The Morgan fingerprint density at radius 2 is 2.07 bits per heavy atom. The molecule has 0 aromatic heterocycles. The van der Waals surface area contributed by atoms with Gasteiger partial charge in [-0.15, -0.1) is 0 Å². The third-order valence-corrected chi connectivity index (χ3v) is 2.46. The number of amides is 1. The number of nitrogens with zero attached hydrogens (tertiary/aromatic N) is 1. The number of aliphatic hydroxyl groups excluding tert-OH is 1. The molecule has 0 unspecified atom stereocenters. The Bertz CT molecular complexity index is 229. The van der Waals surface area contributed by atoms with E-state index in [4.69, 9.17) is 10.2 Å². The van der Waals surface area contributed by atoms with Crippen LogP contribution in [0.2, 0.25) is 0 Å². The summed E-state index contributed by atoms with van der Waals surface area (Å²) in [6.07, 6.45) is 1.61. The van der Waals surface area contributed by atoms with Crippen molar-refractivity contribution in [1.82, 2.24) is 4.90 Å². The van der Waals surface area contributed by atoms with Crippen molar-refractivity contribution in [3.8, 4) is 0 Å². The Morgan fingerprint density at radius 3 is 2.64 bits per heavy atom. The summed E-state index contributed by atoms with van der Waals surface area (Å²) in [4.78, 5) is 23.3. The number of aliphatic carboxylic acids is 1. The van der Waals surface area contributed by atoms with Gasteiger partial charge in [0.1, 0.15) is 0 Å². The van der Waals surface area contributed by atoms with Crippen molar-refractivity contribution in [1.29, 1.82) is 0 Å². The molecule has 0 radical (unpaired) electrons. The minimum absolute atomic E-state index is 0.0290. The van der Waals surface area contributed by atoms with E-state index in [1.165, 1.54) is 0 Å². The van der Waals surface area contributed by atoms with E-state index in [0.717, 1.165) is 12.8 Å². The van der Waals surface area contributed by atoms with Crippen LogP contribution < -0.4 is 0 Å². The molecule has 2 N–H and O–H groups in total. The van der Waals surface area contributed by atoms with Gasteiger partial charge in [0.15, 0.2) is 0 Å². The lowest BCUT2D eigenvalue weighted by Crippen LogP contribution is -2.37. The summed E-state index contributed by atoms with van der Waals surface area (Å²) in [7, 11) is 0. The van der Waals surface area contributed by atoms with Crippen LogP contribution in [0.4, 0.5) is 0 Å². The van der Waals surface area contributed by atoms with Crippen molar-refractivity contribution < 1.29 is 19.8 Å². The molecule has 0 bridgehead atoms. The van der Waals surface area contributed by atoms with Crippen molar-refractivity contribution in [2.75, 3.05) is 13.2 Å². The molecule has 1 heterocycles. The third kappa shape index (κ3) is 2.70. The standard InChI is InChI=1S/C9H15NO4/c11-6-7-2-1-5-10(7)8(12)3-4-9(13)14/h7,11H,1-6H2,(H,13,14)/t7-/m1/s1. The molecule has 1 saturated heterocycles. The normalized spacial score (nSPS) is 21.2. The van der Waals surface area contributed by atoms with Crippen LogP contribution in [0.5, 0.6) is 0 Å². The van der Waals surface area contributed by atoms with Crippen molar-refractivity contribution in [2.24, 2.45) is 0 Å². The van der Waals surface area contributed by atoms with Crippen molar-refractivity contribution in [3.63, 3.8) is 0 Å². The SMILES string of the molecule is O=C(O)CCC(=O)N1CCC[C@@H]1CO. The topological polar surface area (TPSA) is 77.8 Å². The second-order valence-corrected chi connectivity index (χ2v) is 3.46. The maximum Gasteiger partial charge on any atom is 0.303 e. The van der Waals surface area contributed by atoms with Crippen LogP contribution in [-0.4, -0.2) is 46.2 Å². The largest absolute Gasteiger partial charge is 0.481 e. The van der Waals surface area contributed by atoms with Crippen LogP contribution >= 0.6 is 0 Å². The van der Waals surface area contributed by atoms with E-state index in [0.29, 0.717) is 6.54 Å². The fourth-order valence-electron chi connectivity index (χ4n) is 1.71. The van der Waals surface area contributed by atoms with E-state index in [1.807, 2.05) is 0 Å². The first kappa shape index (κ1) is 11.0. The minimum Gasteiger partial charge on any atom is -0.481 e. The number of carbonyl (C=O) groups excluding carboxylic acids is 1. The van der Waals surface area contributed by atoms with Crippen LogP contribution in [0.15, 0.2) is 0 Å². The molecular weight excluding hydrogens is 186 g/mol. The first-order valence-electron chi connectivity index (χ1n) is 4.77. The number of hydrogen-bond acceptors (Lipinski definition) is 3. The van der Waals surface area contributed by atoms with Crippen LogP contribution in [0, 0.1) is 0 Å². The zero-order chi connectivity index (χ0) is 10.6. The van der Waals surface area contributed by atoms with E-state index in [2.05, 4.69) is 0 Å². The van der Waals surface area contributed by atoms with Gasteiger partial charge >= 0.3 is 5.97 Å². The van der Waals surface area contributed by atoms with Gasteiger partial charge in [0.2, 0.25) is 5.91 Å². The number of carbonyl (C=O) groups is 2. The first-order valence-corrected chi connectivity index (χ1v) is 4.77. The fraction of sp³-hybridized carbons (Fsp3) is 0.778. The van der Waals surface area contributed by atoms with Gasteiger partial charge in [-0.25, -0.2) is 0 Å². The second-order valence-electron chi connectivity index (χ2n) is 3.46. The maximum atomic E-state index is 11.5. The fourth-order valence-corrected chi connectivity index (χ4v) is 1.71. The molecule has 0 aromatic rings. The van der Waals surface area contributed by atoms with Crippen LogP contribution in [0.25, 0.3) is 0 Å². The lowest BCUT2D eigenvalue weighted by Gasteiger charge is -2.22. The van der Waals surface area contributed by atoms with Crippen molar-refractivity contribution >= 4 is 11.9 Å². The highest BCUT2D eigenvalue weighted by molar-refractivity contribution is 5.81. The molecule has 0 saturated carbocycles. The zero-order valence-corrected chi connectivity index (χ0v) is 7.98. The molecule has 0 aromatic carbocycles. The predicted molar refractivity (Wildman–Crippen MR) is 48.7 cm³/mol. The van der Waals surface area contributed by atoms with E-state index in [-0.39, 0.29) is 31.4 Å². The lowest BCUT2D eigenvalue weighted by atomic mass is 10.2. The number of carboxylic acids is 1. The summed E-state index contributed by atoms with van der Waals surface area (Å²) in [6.45, 7) is 0.614. The van der Waals surface area contributed by atoms with Gasteiger partial charge in [-0.2, -0.15) is 0 Å². The zero-order valence-electron chi connectivity index (χ0n) is 7.98. The number of hydrogen-bond donors (Lipinski definition) is 2. The van der Waals surface area contributed by atoms with Gasteiger partial charge < -0.3 is 15.1 Å². The highest BCUT2D eigenvalue weighted by atomic mass is 16.4. The molecule has 1 atom stereocenters. The van der Waals surface area contributed by atoms with Gasteiger partial charge in [0.25, 0.3) is 0 Å². The second kappa shape index (κ2) is 4.95. The van der Waals surface area contributed by atoms with E-state index in [1.54, 1.807) is 4.90 Å². The van der Waals surface area contributed by atoms with E-state index >= 15 is 0 Å². The summed E-state index contributed by atoms with van der Waals surface area (Å²) >= 11 is 0. The Kier molecular flexibility index (Phi) is 3.88. The average molecular weight is 201 g/mol. The lowest BCUT2D eigenvalue weighted by molar-refractivity contribution is -0.141. The van der Waals surface area contributed by atoms with Crippen LogP contribution in [-0.2, 0) is 9.59 Å². The summed E-state index contributed by atoms with van der Waals surface area (Å²) < 4.78 is 0. The molecule has 0 spiro atoms. The van der Waals surface area contributed by atoms with Crippen LogP contribution in [0.1, 0.15) is 25.7 Å². The Hall–Kier alpha value is -1.10. The summed E-state index contributed by atoms with van der Waals surface area (Å²) in [6, 6.07) is -0.101. The van der Waals surface area contributed by atoms with Gasteiger partial charge in [0.05, 0.1) is 19.1 Å². The Morgan fingerprint density at radius 1 is 1.36 bits per heavy atom. The molecule has 1 rings (SSSR count).